The van der Waals surface area contributed by atoms with Gasteiger partial charge in [-0.15, -0.1) is 0 Å². The number of hydrogen-bond acceptors (Lipinski definition) is 1. The monoisotopic (exact) mass is 280 g/mol. The van der Waals surface area contributed by atoms with Gasteiger partial charge in [0, 0.05) is 33.3 Å². The third kappa shape index (κ3) is 3.03. The molecule has 0 aliphatic heterocycles. The molecule has 1 aromatic carbocycles. The molecular formula is C19H24N2. The van der Waals surface area contributed by atoms with Crippen LogP contribution in [0.2, 0.25) is 0 Å². The number of aromatic amines is 1. The SMILES string of the molecule is CC(C)(C)c1cc(-c2ccccc2C#N)c(C(C)(C)C)[nH]1. The van der Waals surface area contributed by atoms with Crippen LogP contribution in [-0.4, -0.2) is 4.98 Å². The predicted molar refractivity (Wildman–Crippen MR) is 88.3 cm³/mol. The van der Waals surface area contributed by atoms with E-state index in [0.717, 1.165) is 16.7 Å². The van der Waals surface area contributed by atoms with Gasteiger partial charge < -0.3 is 4.98 Å². The molecule has 0 amide bonds. The lowest BCUT2D eigenvalue weighted by Gasteiger charge is -2.21. The first-order chi connectivity index (χ1) is 9.64. The van der Waals surface area contributed by atoms with Gasteiger partial charge in [-0.1, -0.05) is 59.7 Å². The van der Waals surface area contributed by atoms with E-state index in [0.29, 0.717) is 0 Å². The largest absolute Gasteiger partial charge is 0.361 e. The first-order valence-corrected chi connectivity index (χ1v) is 7.38. The van der Waals surface area contributed by atoms with Gasteiger partial charge in [0.15, 0.2) is 0 Å². The molecule has 0 radical (unpaired) electrons. The van der Waals surface area contributed by atoms with Crippen molar-refractivity contribution in [3.8, 4) is 17.2 Å². The summed E-state index contributed by atoms with van der Waals surface area (Å²) < 4.78 is 0. The van der Waals surface area contributed by atoms with Crippen LogP contribution in [0.15, 0.2) is 30.3 Å². The Balaban J connectivity index is 2.74. The van der Waals surface area contributed by atoms with Crippen LogP contribution in [0.3, 0.4) is 0 Å². The molecule has 2 aromatic rings. The fraction of sp³-hybridized carbons (Fsp3) is 0.421. The second-order valence-corrected chi connectivity index (χ2v) is 7.63. The summed E-state index contributed by atoms with van der Waals surface area (Å²) >= 11 is 0. The number of hydrogen-bond donors (Lipinski definition) is 1. The van der Waals surface area contributed by atoms with Crippen molar-refractivity contribution in [2.24, 2.45) is 0 Å². The lowest BCUT2D eigenvalue weighted by atomic mass is 9.86. The van der Waals surface area contributed by atoms with Crippen LogP contribution in [0.1, 0.15) is 58.5 Å². The zero-order chi connectivity index (χ0) is 15.8. The molecule has 2 nitrogen and oxygen atoms in total. The molecule has 0 saturated heterocycles. The second-order valence-electron chi connectivity index (χ2n) is 7.63. The molecule has 1 N–H and O–H groups in total. The van der Waals surface area contributed by atoms with Crippen molar-refractivity contribution in [3.05, 3.63) is 47.3 Å². The molecule has 0 unspecified atom stereocenters. The Labute approximate surface area is 127 Å². The highest BCUT2D eigenvalue weighted by atomic mass is 14.8. The van der Waals surface area contributed by atoms with E-state index in [1.165, 1.54) is 11.4 Å². The topological polar surface area (TPSA) is 39.6 Å². The highest BCUT2D eigenvalue weighted by Gasteiger charge is 2.26. The molecule has 0 aliphatic carbocycles. The molecule has 0 bridgehead atoms. The molecule has 21 heavy (non-hydrogen) atoms. The average Bonchev–Trinajstić information content (AvgIpc) is 2.83. The van der Waals surface area contributed by atoms with Crippen molar-refractivity contribution in [2.75, 3.05) is 0 Å². The minimum absolute atomic E-state index is 0.00139. The minimum Gasteiger partial charge on any atom is -0.361 e. The lowest BCUT2D eigenvalue weighted by molar-refractivity contribution is 0.544. The number of nitrogens with one attached hydrogen (secondary N) is 1. The van der Waals surface area contributed by atoms with Gasteiger partial charge in [0.25, 0.3) is 0 Å². The lowest BCUT2D eigenvalue weighted by Crippen LogP contribution is -2.15. The van der Waals surface area contributed by atoms with Crippen molar-refractivity contribution in [1.82, 2.24) is 4.98 Å². The summed E-state index contributed by atoms with van der Waals surface area (Å²) in [7, 11) is 0. The van der Waals surface area contributed by atoms with E-state index in [9.17, 15) is 5.26 Å². The van der Waals surface area contributed by atoms with E-state index in [-0.39, 0.29) is 10.8 Å². The Morgan fingerprint density at radius 1 is 0.905 bits per heavy atom. The molecule has 2 rings (SSSR count). The van der Waals surface area contributed by atoms with Gasteiger partial charge in [-0.05, 0) is 12.1 Å². The molecule has 110 valence electrons. The van der Waals surface area contributed by atoms with Gasteiger partial charge in [-0.3, -0.25) is 0 Å². The normalized spacial score (nSPS) is 12.2. The summed E-state index contributed by atoms with van der Waals surface area (Å²) in [6.45, 7) is 13.2. The van der Waals surface area contributed by atoms with Crippen LogP contribution in [0.5, 0.6) is 0 Å². The van der Waals surface area contributed by atoms with Crippen LogP contribution < -0.4 is 0 Å². The van der Waals surface area contributed by atoms with Crippen molar-refractivity contribution in [1.29, 1.82) is 5.26 Å². The van der Waals surface area contributed by atoms with Crippen LogP contribution in [0.4, 0.5) is 0 Å². The van der Waals surface area contributed by atoms with Gasteiger partial charge in [0.2, 0.25) is 0 Å². The standard InChI is InChI=1S/C19H24N2/c1-18(2,3)16-11-15(17(21-16)19(4,5)6)14-10-8-7-9-13(14)12-20/h7-11,21H,1-6H3. The number of nitriles is 1. The van der Waals surface area contributed by atoms with Gasteiger partial charge >= 0.3 is 0 Å². The van der Waals surface area contributed by atoms with Gasteiger partial charge in [-0.2, -0.15) is 5.26 Å². The quantitative estimate of drug-likeness (QED) is 0.771. The maximum absolute atomic E-state index is 9.38. The van der Waals surface area contributed by atoms with E-state index >= 15 is 0 Å². The predicted octanol–water partition coefficient (Wildman–Crippen LogP) is 5.15. The van der Waals surface area contributed by atoms with Crippen LogP contribution in [-0.2, 0) is 10.8 Å². The third-order valence-corrected chi connectivity index (χ3v) is 3.71. The highest BCUT2D eigenvalue weighted by Crippen LogP contribution is 2.37. The van der Waals surface area contributed by atoms with Crippen molar-refractivity contribution in [3.63, 3.8) is 0 Å². The maximum atomic E-state index is 9.38. The number of benzene rings is 1. The maximum Gasteiger partial charge on any atom is 0.0998 e. The van der Waals surface area contributed by atoms with Crippen LogP contribution in [0, 0.1) is 11.3 Å². The van der Waals surface area contributed by atoms with Gasteiger partial charge in [-0.25, -0.2) is 0 Å². The molecule has 0 spiro atoms. The summed E-state index contributed by atoms with van der Waals surface area (Å²) in [6, 6.07) is 12.3. The first-order valence-electron chi connectivity index (χ1n) is 7.38. The fourth-order valence-electron chi connectivity index (χ4n) is 2.48. The summed E-state index contributed by atoms with van der Waals surface area (Å²) in [6.07, 6.45) is 0. The molecular weight excluding hydrogens is 256 g/mol. The summed E-state index contributed by atoms with van der Waals surface area (Å²) in [5, 5.41) is 9.38. The fourth-order valence-corrected chi connectivity index (χ4v) is 2.48. The van der Waals surface area contributed by atoms with Crippen molar-refractivity contribution in [2.45, 2.75) is 52.4 Å². The highest BCUT2D eigenvalue weighted by molar-refractivity contribution is 5.74. The Hall–Kier alpha value is -2.01. The molecule has 0 saturated carbocycles. The number of aromatic nitrogens is 1. The molecule has 1 aromatic heterocycles. The molecule has 2 heteroatoms. The number of rotatable bonds is 1. The number of nitrogens with zero attached hydrogens (tertiary/aromatic N) is 1. The van der Waals surface area contributed by atoms with Crippen LogP contribution in [0.25, 0.3) is 11.1 Å². The third-order valence-electron chi connectivity index (χ3n) is 3.71. The number of H-pyrrole nitrogens is 1. The molecule has 0 fully saturated rings. The second kappa shape index (κ2) is 5.07. The summed E-state index contributed by atoms with van der Waals surface area (Å²) in [5.74, 6) is 0. The first kappa shape index (κ1) is 15.4. The molecule has 0 atom stereocenters. The zero-order valence-electron chi connectivity index (χ0n) is 13.8. The summed E-state index contributed by atoms with van der Waals surface area (Å²) in [5.41, 5.74) is 5.33. The molecule has 1 heterocycles. The van der Waals surface area contributed by atoms with Gasteiger partial charge in [0.1, 0.15) is 0 Å². The minimum atomic E-state index is 0.00139. The Kier molecular flexibility index (Phi) is 3.72. The van der Waals surface area contributed by atoms with E-state index in [1.807, 2.05) is 24.3 Å². The molecule has 0 aliphatic rings. The van der Waals surface area contributed by atoms with E-state index in [2.05, 4.69) is 58.7 Å². The van der Waals surface area contributed by atoms with E-state index < -0.39 is 0 Å². The van der Waals surface area contributed by atoms with Crippen molar-refractivity contribution >= 4 is 0 Å². The smallest absolute Gasteiger partial charge is 0.0998 e. The Bertz CT molecular complexity index is 686. The van der Waals surface area contributed by atoms with E-state index in [4.69, 9.17) is 0 Å². The van der Waals surface area contributed by atoms with Gasteiger partial charge in [0.05, 0.1) is 11.6 Å². The van der Waals surface area contributed by atoms with Crippen LogP contribution >= 0.6 is 0 Å². The summed E-state index contributed by atoms with van der Waals surface area (Å²) in [4.78, 5) is 3.60. The zero-order valence-corrected chi connectivity index (χ0v) is 13.8. The van der Waals surface area contributed by atoms with E-state index in [1.54, 1.807) is 0 Å². The average molecular weight is 280 g/mol. The van der Waals surface area contributed by atoms with Crippen molar-refractivity contribution < 1.29 is 0 Å². The Morgan fingerprint density at radius 2 is 1.52 bits per heavy atom. The Morgan fingerprint density at radius 3 is 2.05 bits per heavy atom.